The summed E-state index contributed by atoms with van der Waals surface area (Å²) in [6.07, 6.45) is 5.42. The first-order chi connectivity index (χ1) is 14.5. The molecule has 0 radical (unpaired) electrons. The van der Waals surface area contributed by atoms with Crippen LogP contribution in [0.4, 0.5) is 10.1 Å². The molecule has 5 heteroatoms. The Morgan fingerprint density at radius 1 is 1.07 bits per heavy atom. The van der Waals surface area contributed by atoms with Gasteiger partial charge in [0.05, 0.1) is 11.3 Å². The standard InChI is InChI=1S/C25H17FN2O2/c1-28-23-9-8-18(5-2-4-17-10-12-27-13-11-17)15-21(23)24(29)22(25(28)30)16-19-6-3-7-20(26)14-19/h3,6-16H,4H2,1H3. The van der Waals surface area contributed by atoms with E-state index in [-0.39, 0.29) is 5.57 Å². The maximum Gasteiger partial charge on any atom is 0.262 e. The minimum absolute atomic E-state index is 0.00232. The van der Waals surface area contributed by atoms with Crippen LogP contribution in [0.1, 0.15) is 27.0 Å². The van der Waals surface area contributed by atoms with Gasteiger partial charge < -0.3 is 4.90 Å². The summed E-state index contributed by atoms with van der Waals surface area (Å²) in [5, 5.41) is 0. The van der Waals surface area contributed by atoms with E-state index in [1.165, 1.54) is 29.2 Å². The molecule has 1 aliphatic heterocycles. The third-order valence-corrected chi connectivity index (χ3v) is 4.82. The van der Waals surface area contributed by atoms with E-state index in [0.29, 0.717) is 28.8 Å². The average Bonchev–Trinajstić information content (AvgIpc) is 2.76. The van der Waals surface area contributed by atoms with Gasteiger partial charge in [-0.2, -0.15) is 0 Å². The van der Waals surface area contributed by atoms with E-state index in [0.717, 1.165) is 5.56 Å². The third-order valence-electron chi connectivity index (χ3n) is 4.82. The van der Waals surface area contributed by atoms with Crippen molar-refractivity contribution in [3.05, 3.63) is 101 Å². The van der Waals surface area contributed by atoms with E-state index in [4.69, 9.17) is 0 Å². The van der Waals surface area contributed by atoms with Gasteiger partial charge in [0.2, 0.25) is 5.78 Å². The molecule has 0 atom stereocenters. The van der Waals surface area contributed by atoms with Crippen LogP contribution >= 0.6 is 0 Å². The predicted octanol–water partition coefficient (Wildman–Crippen LogP) is 4.06. The van der Waals surface area contributed by atoms with Gasteiger partial charge in [-0.15, -0.1) is 0 Å². The van der Waals surface area contributed by atoms with Crippen LogP contribution in [0.25, 0.3) is 6.08 Å². The highest BCUT2D eigenvalue weighted by Gasteiger charge is 2.32. The van der Waals surface area contributed by atoms with Crippen LogP contribution in [0.2, 0.25) is 0 Å². The fraction of sp³-hybridized carbons (Fsp3) is 0.0800. The van der Waals surface area contributed by atoms with Crippen LogP contribution in [-0.2, 0) is 11.2 Å². The number of fused-ring (bicyclic) bond motifs is 1. The Kier molecular flexibility index (Phi) is 5.23. The zero-order chi connectivity index (χ0) is 21.1. The highest BCUT2D eigenvalue weighted by atomic mass is 19.1. The number of halogens is 1. The van der Waals surface area contributed by atoms with Crippen molar-refractivity contribution in [3.63, 3.8) is 0 Å². The molecule has 2 aromatic carbocycles. The van der Waals surface area contributed by atoms with Crippen molar-refractivity contribution in [1.82, 2.24) is 4.98 Å². The van der Waals surface area contributed by atoms with Gasteiger partial charge in [-0.05, 0) is 59.7 Å². The second kappa shape index (κ2) is 8.14. The molecule has 0 fully saturated rings. The number of hydrogen-bond donors (Lipinski definition) is 0. The number of amides is 1. The van der Waals surface area contributed by atoms with Crippen LogP contribution in [0.3, 0.4) is 0 Å². The average molecular weight is 396 g/mol. The number of anilines is 1. The molecular weight excluding hydrogens is 379 g/mol. The molecule has 0 aliphatic carbocycles. The molecule has 0 bridgehead atoms. The number of hydrogen-bond acceptors (Lipinski definition) is 3. The first kappa shape index (κ1) is 19.3. The number of rotatable bonds is 2. The van der Waals surface area contributed by atoms with E-state index in [2.05, 4.69) is 16.8 Å². The number of nitrogens with zero attached hydrogens (tertiary/aromatic N) is 2. The highest BCUT2D eigenvalue weighted by molar-refractivity contribution is 6.36. The van der Waals surface area contributed by atoms with Crippen LogP contribution in [0, 0.1) is 17.7 Å². The maximum absolute atomic E-state index is 13.5. The number of carbonyl (C=O) groups excluding carboxylic acids is 2. The van der Waals surface area contributed by atoms with Crippen molar-refractivity contribution in [2.45, 2.75) is 6.42 Å². The number of carbonyl (C=O) groups is 2. The first-order valence-electron chi connectivity index (χ1n) is 9.35. The van der Waals surface area contributed by atoms with E-state index in [1.54, 1.807) is 43.7 Å². The molecule has 3 aromatic rings. The van der Waals surface area contributed by atoms with Crippen molar-refractivity contribution < 1.29 is 14.0 Å². The van der Waals surface area contributed by atoms with Crippen molar-refractivity contribution in [1.29, 1.82) is 0 Å². The Balaban J connectivity index is 1.67. The molecule has 0 N–H and O–H groups in total. The SMILES string of the molecule is CN1C(=O)C(=Cc2cccc(F)c2)C(=O)c2cc(C#CCc3ccncc3)ccc21. The minimum atomic E-state index is -0.430. The van der Waals surface area contributed by atoms with Gasteiger partial charge in [-0.3, -0.25) is 14.6 Å². The van der Waals surface area contributed by atoms with Gasteiger partial charge in [-0.25, -0.2) is 4.39 Å². The first-order valence-corrected chi connectivity index (χ1v) is 9.35. The molecular formula is C25H17FN2O2. The van der Waals surface area contributed by atoms with Gasteiger partial charge in [0.25, 0.3) is 5.91 Å². The largest absolute Gasteiger partial charge is 0.311 e. The van der Waals surface area contributed by atoms with Gasteiger partial charge in [0.1, 0.15) is 5.82 Å². The van der Waals surface area contributed by atoms with E-state index >= 15 is 0 Å². The summed E-state index contributed by atoms with van der Waals surface area (Å²) < 4.78 is 13.5. The monoisotopic (exact) mass is 396 g/mol. The lowest BCUT2D eigenvalue weighted by atomic mass is 9.92. The number of ketones is 1. The van der Waals surface area contributed by atoms with E-state index < -0.39 is 17.5 Å². The number of benzene rings is 2. The van der Waals surface area contributed by atoms with Crippen molar-refractivity contribution in [3.8, 4) is 11.8 Å². The van der Waals surface area contributed by atoms with E-state index in [9.17, 15) is 14.0 Å². The van der Waals surface area contributed by atoms with Crippen LogP contribution in [0.15, 0.2) is 72.6 Å². The fourth-order valence-electron chi connectivity index (χ4n) is 3.26. The van der Waals surface area contributed by atoms with Crippen molar-refractivity contribution in [2.24, 2.45) is 0 Å². The smallest absolute Gasteiger partial charge is 0.262 e. The maximum atomic E-state index is 13.5. The molecule has 146 valence electrons. The lowest BCUT2D eigenvalue weighted by Gasteiger charge is -2.26. The summed E-state index contributed by atoms with van der Waals surface area (Å²) in [6, 6.07) is 14.8. The number of Topliss-reactive ketones (excluding diaryl/α,β-unsaturated/α-hetero) is 1. The molecule has 4 nitrogen and oxygen atoms in total. The molecule has 30 heavy (non-hydrogen) atoms. The van der Waals surface area contributed by atoms with Crippen LogP contribution in [0.5, 0.6) is 0 Å². The van der Waals surface area contributed by atoms with Crippen molar-refractivity contribution in [2.75, 3.05) is 11.9 Å². The molecule has 1 aromatic heterocycles. The highest BCUT2D eigenvalue weighted by Crippen LogP contribution is 2.31. The molecule has 0 spiro atoms. The fourth-order valence-corrected chi connectivity index (χ4v) is 3.26. The van der Waals surface area contributed by atoms with Crippen molar-refractivity contribution >= 4 is 23.5 Å². The molecule has 0 saturated heterocycles. The minimum Gasteiger partial charge on any atom is -0.311 e. The Hall–Kier alpha value is -4.04. The second-order valence-electron chi connectivity index (χ2n) is 6.87. The summed E-state index contributed by atoms with van der Waals surface area (Å²) in [4.78, 5) is 31.2. The molecule has 4 rings (SSSR count). The van der Waals surface area contributed by atoms with Crippen LogP contribution < -0.4 is 4.90 Å². The summed E-state index contributed by atoms with van der Waals surface area (Å²) in [5.41, 5.74) is 3.12. The third kappa shape index (κ3) is 3.89. The molecule has 2 heterocycles. The Morgan fingerprint density at radius 2 is 1.87 bits per heavy atom. The molecule has 1 aliphatic rings. The number of pyridine rings is 1. The second-order valence-corrected chi connectivity index (χ2v) is 6.87. The molecule has 0 unspecified atom stereocenters. The number of aromatic nitrogens is 1. The summed E-state index contributed by atoms with van der Waals surface area (Å²) in [7, 11) is 1.61. The lowest BCUT2D eigenvalue weighted by Crippen LogP contribution is -2.36. The summed E-state index contributed by atoms with van der Waals surface area (Å²) in [6.45, 7) is 0. The predicted molar refractivity (Wildman–Crippen MR) is 113 cm³/mol. The topological polar surface area (TPSA) is 50.3 Å². The Morgan fingerprint density at radius 3 is 2.63 bits per heavy atom. The zero-order valence-electron chi connectivity index (χ0n) is 16.2. The molecule has 0 saturated carbocycles. The Labute approximate surface area is 173 Å². The van der Waals surface area contributed by atoms with Gasteiger partial charge >= 0.3 is 0 Å². The summed E-state index contributed by atoms with van der Waals surface area (Å²) >= 11 is 0. The quantitative estimate of drug-likeness (QED) is 0.373. The van der Waals surface area contributed by atoms with Gasteiger partial charge in [0.15, 0.2) is 0 Å². The van der Waals surface area contributed by atoms with Crippen LogP contribution in [-0.4, -0.2) is 23.7 Å². The van der Waals surface area contributed by atoms with Gasteiger partial charge in [0, 0.05) is 37.0 Å². The summed E-state index contributed by atoms with van der Waals surface area (Å²) in [5.74, 6) is 4.91. The Bertz CT molecular complexity index is 1240. The van der Waals surface area contributed by atoms with E-state index in [1.807, 2.05) is 12.1 Å². The molecule has 1 amide bonds. The normalized spacial score (nSPS) is 14.3. The van der Waals surface area contributed by atoms with Gasteiger partial charge in [-0.1, -0.05) is 24.0 Å². The number of likely N-dealkylation sites (N-methyl/N-ethyl adjacent to an activating group) is 1. The lowest BCUT2D eigenvalue weighted by molar-refractivity contribution is -0.114. The zero-order valence-corrected chi connectivity index (χ0v) is 16.2.